The first-order valence-electron chi connectivity index (χ1n) is 11.4. The summed E-state index contributed by atoms with van der Waals surface area (Å²) >= 11 is 23.2. The van der Waals surface area contributed by atoms with Crippen molar-refractivity contribution in [1.82, 2.24) is 10.6 Å². The molecule has 182 valence electrons. The third-order valence-corrected chi connectivity index (χ3v) is 5.89. The van der Waals surface area contributed by atoms with E-state index in [1.165, 1.54) is 75.6 Å². The summed E-state index contributed by atoms with van der Waals surface area (Å²) in [6, 6.07) is 5.65. The summed E-state index contributed by atoms with van der Waals surface area (Å²) in [7, 11) is 0. The lowest BCUT2D eigenvalue weighted by Crippen LogP contribution is -2.56. The third-order valence-electron chi connectivity index (χ3n) is 5.02. The largest absolute Gasteiger partial charge is 0.339 e. The lowest BCUT2D eigenvalue weighted by molar-refractivity contribution is -0.122. The van der Waals surface area contributed by atoms with E-state index in [4.69, 9.17) is 47.0 Å². The highest BCUT2D eigenvalue weighted by molar-refractivity contribution is 7.80. The Balaban J connectivity index is 2.25. The van der Waals surface area contributed by atoms with Crippen molar-refractivity contribution in [3.05, 3.63) is 30.1 Å². The Kier molecular flexibility index (Phi) is 15.3. The minimum Gasteiger partial charge on any atom is -0.339 e. The number of benzene rings is 1. The van der Waals surface area contributed by atoms with E-state index in [1.807, 2.05) is 0 Å². The fraction of sp³-hybridized carbons (Fsp3) is 0.652. The van der Waals surface area contributed by atoms with E-state index in [2.05, 4.69) is 22.9 Å². The monoisotopic (exact) mass is 525 g/mol. The van der Waals surface area contributed by atoms with Gasteiger partial charge in [0.25, 0.3) is 0 Å². The lowest BCUT2D eigenvalue weighted by Gasteiger charge is -2.27. The molecule has 1 atom stereocenters. The summed E-state index contributed by atoms with van der Waals surface area (Å²) in [6.45, 7) is 2.23. The Morgan fingerprint density at radius 3 is 1.91 bits per heavy atom. The summed E-state index contributed by atoms with van der Waals surface area (Å²) in [4.78, 5) is 12.3. The second-order valence-electron chi connectivity index (χ2n) is 7.93. The molecular weight excluding hydrogens is 492 g/mol. The first-order chi connectivity index (χ1) is 15.2. The molecule has 4 nitrogen and oxygen atoms in total. The fourth-order valence-corrected chi connectivity index (χ4v) is 3.78. The zero-order valence-electron chi connectivity index (χ0n) is 18.7. The minimum atomic E-state index is -1.80. The van der Waals surface area contributed by atoms with Crippen LogP contribution in [0.25, 0.3) is 0 Å². The Labute approximate surface area is 212 Å². The molecular formula is C23H35Cl3FN3OS. The smallest absolute Gasteiger partial charge is 0.228 e. The summed E-state index contributed by atoms with van der Waals surface area (Å²) in [5.74, 6) is -0.572. The summed E-state index contributed by atoms with van der Waals surface area (Å²) < 4.78 is 11.2. The Morgan fingerprint density at radius 1 is 0.906 bits per heavy atom. The normalized spacial score (nSPS) is 12.3. The first kappa shape index (κ1) is 29.2. The van der Waals surface area contributed by atoms with Crippen molar-refractivity contribution >= 4 is 63.7 Å². The molecule has 0 spiro atoms. The molecule has 0 bridgehead atoms. The van der Waals surface area contributed by atoms with E-state index in [9.17, 15) is 9.18 Å². The molecule has 1 aromatic rings. The van der Waals surface area contributed by atoms with Crippen molar-refractivity contribution in [3.63, 3.8) is 0 Å². The highest BCUT2D eigenvalue weighted by Crippen LogP contribution is 2.29. The molecule has 1 rings (SSSR count). The number of alkyl halides is 3. The lowest BCUT2D eigenvalue weighted by atomic mass is 10.1. The van der Waals surface area contributed by atoms with Crippen LogP contribution in [0.15, 0.2) is 24.3 Å². The van der Waals surface area contributed by atoms with Gasteiger partial charge in [-0.25, -0.2) is 4.39 Å². The van der Waals surface area contributed by atoms with Crippen molar-refractivity contribution in [1.29, 1.82) is 0 Å². The van der Waals surface area contributed by atoms with Gasteiger partial charge >= 0.3 is 0 Å². The minimum absolute atomic E-state index is 0.142. The van der Waals surface area contributed by atoms with Gasteiger partial charge in [0.05, 0.1) is 0 Å². The second kappa shape index (κ2) is 16.7. The number of anilines is 1. The van der Waals surface area contributed by atoms with E-state index in [0.29, 0.717) is 12.1 Å². The van der Waals surface area contributed by atoms with E-state index < -0.39 is 9.96 Å². The molecule has 1 amide bonds. The predicted octanol–water partition coefficient (Wildman–Crippen LogP) is 7.63. The zero-order chi connectivity index (χ0) is 23.8. The zero-order valence-corrected chi connectivity index (χ0v) is 21.8. The average molecular weight is 527 g/mol. The number of rotatable bonds is 15. The van der Waals surface area contributed by atoms with Crippen molar-refractivity contribution in [3.8, 4) is 0 Å². The van der Waals surface area contributed by atoms with Crippen LogP contribution in [-0.2, 0) is 4.79 Å². The topological polar surface area (TPSA) is 53.2 Å². The van der Waals surface area contributed by atoms with Gasteiger partial charge in [0.2, 0.25) is 9.70 Å². The molecule has 0 aliphatic carbocycles. The number of amides is 1. The SMILES string of the molecule is CCCCCCCCCCCCCC(=O)N[C@@H](NC(=S)Nc1ccc(F)cc1)C(Cl)(Cl)Cl. The van der Waals surface area contributed by atoms with E-state index in [0.717, 1.165) is 19.3 Å². The van der Waals surface area contributed by atoms with Crippen molar-refractivity contribution in [2.45, 2.75) is 93.9 Å². The summed E-state index contributed by atoms with van der Waals surface area (Å²) in [5.41, 5.74) is 0.569. The van der Waals surface area contributed by atoms with Crippen LogP contribution in [0.1, 0.15) is 84.0 Å². The standard InChI is InChI=1S/C23H35Cl3FN3OS/c1-2-3-4-5-6-7-8-9-10-11-12-13-20(31)29-21(23(24,25)26)30-22(32)28-19-16-14-18(27)15-17-19/h14-17,21H,2-13H2,1H3,(H,29,31)(H2,28,30,32)/t21-/m0/s1. The molecule has 3 N–H and O–H groups in total. The number of carbonyl (C=O) groups is 1. The molecule has 32 heavy (non-hydrogen) atoms. The van der Waals surface area contributed by atoms with E-state index in [-0.39, 0.29) is 16.8 Å². The van der Waals surface area contributed by atoms with Crippen LogP contribution in [0.2, 0.25) is 0 Å². The maximum absolute atomic E-state index is 13.0. The highest BCUT2D eigenvalue weighted by Gasteiger charge is 2.34. The Hall–Kier alpha value is -0.820. The highest BCUT2D eigenvalue weighted by atomic mass is 35.6. The number of carbonyl (C=O) groups excluding carboxylic acids is 1. The van der Waals surface area contributed by atoms with Gasteiger partial charge in [0.15, 0.2) is 5.11 Å². The molecule has 0 fully saturated rings. The van der Waals surface area contributed by atoms with E-state index in [1.54, 1.807) is 0 Å². The van der Waals surface area contributed by atoms with Crippen LogP contribution in [0.3, 0.4) is 0 Å². The molecule has 0 saturated heterocycles. The maximum atomic E-state index is 13.0. The predicted molar refractivity (Wildman–Crippen MR) is 139 cm³/mol. The molecule has 0 heterocycles. The Bertz CT molecular complexity index is 671. The second-order valence-corrected chi connectivity index (χ2v) is 10.7. The Morgan fingerprint density at radius 2 is 1.41 bits per heavy atom. The molecule has 0 unspecified atom stereocenters. The molecule has 0 aliphatic rings. The molecule has 0 aromatic heterocycles. The van der Waals surface area contributed by atoms with Crippen molar-refractivity contribution < 1.29 is 9.18 Å². The fourth-order valence-electron chi connectivity index (χ4n) is 3.21. The molecule has 0 aliphatic heterocycles. The van der Waals surface area contributed by atoms with Crippen molar-refractivity contribution in [2.75, 3.05) is 5.32 Å². The van der Waals surface area contributed by atoms with Crippen LogP contribution in [-0.4, -0.2) is 21.0 Å². The number of nitrogens with one attached hydrogen (secondary N) is 3. The number of halogens is 4. The van der Waals surface area contributed by atoms with Crippen LogP contribution in [0, 0.1) is 5.82 Å². The van der Waals surface area contributed by atoms with Gasteiger partial charge in [0, 0.05) is 12.1 Å². The van der Waals surface area contributed by atoms with Crippen LogP contribution in [0.4, 0.5) is 10.1 Å². The average Bonchev–Trinajstić information content (AvgIpc) is 2.72. The third kappa shape index (κ3) is 14.4. The van der Waals surface area contributed by atoms with Crippen molar-refractivity contribution in [2.24, 2.45) is 0 Å². The van der Waals surface area contributed by atoms with Gasteiger partial charge in [-0.05, 0) is 42.9 Å². The first-order valence-corrected chi connectivity index (χ1v) is 13.0. The van der Waals surface area contributed by atoms with Gasteiger partial charge in [-0.2, -0.15) is 0 Å². The maximum Gasteiger partial charge on any atom is 0.228 e. The quantitative estimate of drug-likeness (QED) is 0.0952. The van der Waals surface area contributed by atoms with Gasteiger partial charge in [-0.1, -0.05) is 106 Å². The van der Waals surface area contributed by atoms with Crippen LogP contribution < -0.4 is 16.0 Å². The van der Waals surface area contributed by atoms with Crippen LogP contribution in [0.5, 0.6) is 0 Å². The van der Waals surface area contributed by atoms with Gasteiger partial charge < -0.3 is 16.0 Å². The van der Waals surface area contributed by atoms with Gasteiger partial charge in [0.1, 0.15) is 12.0 Å². The number of unbranched alkanes of at least 4 members (excludes halogenated alkanes) is 10. The van der Waals surface area contributed by atoms with Gasteiger partial charge in [-0.15, -0.1) is 0 Å². The summed E-state index contributed by atoms with van der Waals surface area (Å²) in [6.07, 6.45) is 12.7. The van der Waals surface area contributed by atoms with Crippen LogP contribution >= 0.6 is 47.0 Å². The molecule has 0 radical (unpaired) electrons. The number of hydrogen-bond acceptors (Lipinski definition) is 2. The number of thiocarbonyl (C=S) groups is 1. The molecule has 9 heteroatoms. The van der Waals surface area contributed by atoms with E-state index >= 15 is 0 Å². The summed E-state index contributed by atoms with van der Waals surface area (Å²) in [5, 5.41) is 8.48. The molecule has 1 aromatic carbocycles. The molecule has 0 saturated carbocycles. The number of hydrogen-bond donors (Lipinski definition) is 3. The van der Waals surface area contributed by atoms with Gasteiger partial charge in [-0.3, -0.25) is 4.79 Å².